The van der Waals surface area contributed by atoms with E-state index in [2.05, 4.69) is 31.2 Å². The van der Waals surface area contributed by atoms with Crippen LogP contribution < -0.4 is 0 Å². The molecule has 1 aliphatic heterocycles. The first-order valence-electron chi connectivity index (χ1n) is 13.2. The van der Waals surface area contributed by atoms with Gasteiger partial charge in [-0.05, 0) is 44.9 Å². The third kappa shape index (κ3) is 18.8. The fraction of sp³-hybridized carbons (Fsp3) is 0.846. The molecule has 0 aromatic heterocycles. The van der Waals surface area contributed by atoms with E-state index in [1.165, 1.54) is 51.4 Å². The molecule has 1 aliphatic rings. The second kappa shape index (κ2) is 18.7. The lowest BCUT2D eigenvalue weighted by molar-refractivity contribution is -0.870. The van der Waals surface area contributed by atoms with Crippen molar-refractivity contribution in [1.82, 2.24) is 0 Å². The highest BCUT2D eigenvalue weighted by Crippen LogP contribution is 2.43. The van der Waals surface area contributed by atoms with Gasteiger partial charge in [0.2, 0.25) is 0 Å². The normalized spacial score (nSPS) is 21.1. The molecule has 0 spiro atoms. The van der Waals surface area contributed by atoms with Crippen LogP contribution in [0.15, 0.2) is 24.3 Å². The minimum atomic E-state index is -4.06. The van der Waals surface area contributed by atoms with E-state index in [0.29, 0.717) is 17.6 Å². The van der Waals surface area contributed by atoms with Gasteiger partial charge in [-0.3, -0.25) is 9.05 Å². The molecule has 1 N–H and O–H groups in total. The number of quaternary nitrogens is 1. The molecule has 0 radical (unpaired) electrons. The molecule has 1 rings (SSSR count). The van der Waals surface area contributed by atoms with Crippen molar-refractivity contribution < 1.29 is 32.5 Å². The summed E-state index contributed by atoms with van der Waals surface area (Å²) in [4.78, 5) is 9.79. The molecule has 0 aromatic rings. The summed E-state index contributed by atoms with van der Waals surface area (Å²) >= 11 is 0. The second-order valence-electron chi connectivity index (χ2n) is 10.2. The standard InChI is InChI=1S/C26H50NO6P/c1-5-6-7-8-9-10-11-12-13-14-15-16-17-18-19-20-26-30-23-25(33-26)24-32-34(28,29)31-22-21-27(2,3)4/h9-10,12-13,25-26H,5-8,11,14-24H2,1-4H3/p+1/b10-9+,13-12+. The minimum Gasteiger partial charge on any atom is -0.350 e. The van der Waals surface area contributed by atoms with Crippen molar-refractivity contribution in [2.24, 2.45) is 0 Å². The summed E-state index contributed by atoms with van der Waals surface area (Å²) in [5.74, 6) is 0. The van der Waals surface area contributed by atoms with E-state index in [0.717, 1.165) is 25.7 Å². The highest BCUT2D eigenvalue weighted by Gasteiger charge is 2.30. The summed E-state index contributed by atoms with van der Waals surface area (Å²) in [5.41, 5.74) is 0. The number of hydrogen-bond donors (Lipinski definition) is 1. The molecule has 1 fully saturated rings. The van der Waals surface area contributed by atoms with Gasteiger partial charge >= 0.3 is 7.82 Å². The van der Waals surface area contributed by atoms with Gasteiger partial charge in [-0.1, -0.05) is 63.3 Å². The smallest absolute Gasteiger partial charge is 0.350 e. The molecule has 0 amide bonds. The lowest BCUT2D eigenvalue weighted by Gasteiger charge is -2.24. The Morgan fingerprint density at radius 2 is 1.59 bits per heavy atom. The van der Waals surface area contributed by atoms with Gasteiger partial charge in [0, 0.05) is 0 Å². The molecule has 0 aliphatic carbocycles. The summed E-state index contributed by atoms with van der Waals surface area (Å²) < 4.78 is 34.1. The summed E-state index contributed by atoms with van der Waals surface area (Å²) in [7, 11) is 1.91. The average Bonchev–Trinajstić information content (AvgIpc) is 3.22. The summed E-state index contributed by atoms with van der Waals surface area (Å²) in [6, 6.07) is 0. The Morgan fingerprint density at radius 3 is 2.26 bits per heavy atom. The molecule has 34 heavy (non-hydrogen) atoms. The van der Waals surface area contributed by atoms with Crippen LogP contribution in [0.4, 0.5) is 0 Å². The van der Waals surface area contributed by atoms with E-state index in [4.69, 9.17) is 18.5 Å². The number of unbranched alkanes of at least 4 members (excludes halogenated alkanes) is 8. The Hall–Kier alpha value is -0.530. The van der Waals surface area contributed by atoms with Crippen LogP contribution in [-0.2, 0) is 23.1 Å². The highest BCUT2D eigenvalue weighted by molar-refractivity contribution is 7.47. The minimum absolute atomic E-state index is 0.00316. The summed E-state index contributed by atoms with van der Waals surface area (Å²) in [6.45, 7) is 3.39. The number of allylic oxidation sites excluding steroid dienone is 4. The first-order chi connectivity index (χ1) is 16.2. The Morgan fingerprint density at radius 1 is 0.941 bits per heavy atom. The van der Waals surface area contributed by atoms with Gasteiger partial charge in [0.1, 0.15) is 19.3 Å². The highest BCUT2D eigenvalue weighted by atomic mass is 31.2. The number of ether oxygens (including phenoxy) is 2. The summed E-state index contributed by atoms with van der Waals surface area (Å²) in [5, 5.41) is 0. The molecule has 1 saturated heterocycles. The van der Waals surface area contributed by atoms with Crippen molar-refractivity contribution in [3.8, 4) is 0 Å². The van der Waals surface area contributed by atoms with Crippen molar-refractivity contribution >= 4 is 7.82 Å². The van der Waals surface area contributed by atoms with Gasteiger partial charge in [0.25, 0.3) is 0 Å². The number of phosphoric ester groups is 1. The Balaban J connectivity index is 1.96. The van der Waals surface area contributed by atoms with Crippen LogP contribution in [0.5, 0.6) is 0 Å². The molecule has 0 bridgehead atoms. The first kappa shape index (κ1) is 31.5. The molecule has 3 unspecified atom stereocenters. The van der Waals surface area contributed by atoms with Gasteiger partial charge in [0.05, 0.1) is 34.4 Å². The SMILES string of the molecule is CCCCC/C=C/C/C=C/CCCCCCCC1OCC(COP(=O)(O)OCC[N+](C)(C)C)O1. The predicted octanol–water partition coefficient (Wildman–Crippen LogP) is 6.38. The maximum absolute atomic E-state index is 12.0. The molecule has 0 saturated carbocycles. The van der Waals surface area contributed by atoms with E-state index in [-0.39, 0.29) is 25.6 Å². The van der Waals surface area contributed by atoms with Crippen molar-refractivity contribution in [2.75, 3.05) is 47.5 Å². The number of hydrogen-bond acceptors (Lipinski definition) is 5. The maximum Gasteiger partial charge on any atom is 0.472 e. The van der Waals surface area contributed by atoms with Crippen LogP contribution in [0.2, 0.25) is 0 Å². The molecule has 1 heterocycles. The van der Waals surface area contributed by atoms with Gasteiger partial charge < -0.3 is 18.9 Å². The van der Waals surface area contributed by atoms with Gasteiger partial charge in [-0.15, -0.1) is 0 Å². The monoisotopic (exact) mass is 504 g/mol. The van der Waals surface area contributed by atoms with E-state index in [9.17, 15) is 9.46 Å². The summed E-state index contributed by atoms with van der Waals surface area (Å²) in [6.07, 6.45) is 22.7. The molecule has 3 atom stereocenters. The number of phosphoric acid groups is 1. The van der Waals surface area contributed by atoms with E-state index in [1.807, 2.05) is 21.1 Å². The molecule has 0 aromatic carbocycles. The molecule has 7 nitrogen and oxygen atoms in total. The largest absolute Gasteiger partial charge is 0.472 e. The van der Waals surface area contributed by atoms with Crippen LogP contribution in [0.1, 0.15) is 84.0 Å². The van der Waals surface area contributed by atoms with E-state index < -0.39 is 7.82 Å². The van der Waals surface area contributed by atoms with Crippen molar-refractivity contribution in [2.45, 2.75) is 96.4 Å². The average molecular weight is 505 g/mol. The fourth-order valence-electron chi connectivity index (χ4n) is 3.51. The maximum atomic E-state index is 12.0. The number of rotatable bonds is 21. The first-order valence-corrected chi connectivity index (χ1v) is 14.7. The van der Waals surface area contributed by atoms with Crippen molar-refractivity contribution in [3.05, 3.63) is 24.3 Å². The Bertz CT molecular complexity index is 605. The van der Waals surface area contributed by atoms with Crippen molar-refractivity contribution in [1.29, 1.82) is 0 Å². The molecule has 200 valence electrons. The number of nitrogens with zero attached hydrogens (tertiary/aromatic N) is 1. The Labute approximate surface area is 208 Å². The van der Waals surface area contributed by atoms with E-state index >= 15 is 0 Å². The third-order valence-corrected chi connectivity index (χ3v) is 6.63. The lowest BCUT2D eigenvalue weighted by atomic mass is 10.1. The van der Waals surface area contributed by atoms with Gasteiger partial charge in [-0.25, -0.2) is 4.57 Å². The van der Waals surface area contributed by atoms with Crippen LogP contribution >= 0.6 is 7.82 Å². The molecular formula is C26H51NO6P+. The molecular weight excluding hydrogens is 453 g/mol. The third-order valence-electron chi connectivity index (χ3n) is 5.64. The topological polar surface area (TPSA) is 74.2 Å². The number of likely N-dealkylation sites (N-methyl/N-ethyl adjacent to an activating group) is 1. The van der Waals surface area contributed by atoms with E-state index in [1.54, 1.807) is 0 Å². The fourth-order valence-corrected chi connectivity index (χ4v) is 4.26. The van der Waals surface area contributed by atoms with Gasteiger partial charge in [0.15, 0.2) is 6.29 Å². The van der Waals surface area contributed by atoms with Crippen LogP contribution in [-0.4, -0.2) is 69.3 Å². The van der Waals surface area contributed by atoms with Crippen LogP contribution in [0, 0.1) is 0 Å². The predicted molar refractivity (Wildman–Crippen MR) is 139 cm³/mol. The quantitative estimate of drug-likeness (QED) is 0.0846. The zero-order valence-corrected chi connectivity index (χ0v) is 23.1. The second-order valence-corrected chi connectivity index (χ2v) is 11.6. The van der Waals surface area contributed by atoms with Crippen LogP contribution in [0.25, 0.3) is 0 Å². The zero-order valence-electron chi connectivity index (χ0n) is 22.2. The van der Waals surface area contributed by atoms with Crippen molar-refractivity contribution in [3.63, 3.8) is 0 Å². The molecule has 8 heteroatoms. The van der Waals surface area contributed by atoms with Crippen LogP contribution in [0.3, 0.4) is 0 Å². The van der Waals surface area contributed by atoms with Gasteiger partial charge in [-0.2, -0.15) is 0 Å². The zero-order chi connectivity index (χ0) is 25.1. The Kier molecular flexibility index (Phi) is 17.3. The lowest BCUT2D eigenvalue weighted by Crippen LogP contribution is -2.37.